The van der Waals surface area contributed by atoms with E-state index in [1.54, 1.807) is 13.8 Å². The van der Waals surface area contributed by atoms with E-state index in [9.17, 15) is 18.7 Å². The van der Waals surface area contributed by atoms with Crippen LogP contribution in [0.5, 0.6) is 0 Å². The van der Waals surface area contributed by atoms with Gasteiger partial charge in [-0.2, -0.15) is 5.10 Å². The van der Waals surface area contributed by atoms with E-state index in [0.717, 1.165) is 78.7 Å². The highest BCUT2D eigenvalue weighted by Gasteiger charge is 2.23. The second-order valence-electron chi connectivity index (χ2n) is 14.2. The number of hydrogen-bond acceptors (Lipinski definition) is 7. The van der Waals surface area contributed by atoms with Gasteiger partial charge in [-0.1, -0.05) is 24.3 Å². The summed E-state index contributed by atoms with van der Waals surface area (Å²) < 4.78 is 34.1. The molecule has 266 valence electrons. The Kier molecular flexibility index (Phi) is 9.78. The van der Waals surface area contributed by atoms with Gasteiger partial charge in [0.05, 0.1) is 16.7 Å². The predicted octanol–water partition coefficient (Wildman–Crippen LogP) is 6.92. The second kappa shape index (κ2) is 14.4. The largest absolute Gasteiger partial charge is 0.386 e. The first-order chi connectivity index (χ1) is 24.5. The van der Waals surface area contributed by atoms with Gasteiger partial charge in [0.1, 0.15) is 11.6 Å². The molecule has 11 heteroatoms. The number of aromatic nitrogens is 2. The number of rotatable bonds is 9. The van der Waals surface area contributed by atoms with E-state index in [1.165, 1.54) is 12.1 Å². The Balaban J connectivity index is 1.23. The molecule has 1 amide bonds. The number of benzene rings is 4. The molecule has 4 N–H and O–H groups in total. The van der Waals surface area contributed by atoms with Crippen molar-refractivity contribution in [1.29, 1.82) is 0 Å². The fourth-order valence-corrected chi connectivity index (χ4v) is 6.96. The molecule has 1 aromatic heterocycles. The lowest BCUT2D eigenvalue weighted by molar-refractivity contribution is 0.0786. The molecule has 51 heavy (non-hydrogen) atoms. The van der Waals surface area contributed by atoms with Gasteiger partial charge in [0.2, 0.25) is 0 Å². The van der Waals surface area contributed by atoms with E-state index in [0.29, 0.717) is 41.1 Å². The summed E-state index contributed by atoms with van der Waals surface area (Å²) in [6.07, 6.45) is 1.94. The van der Waals surface area contributed by atoms with Gasteiger partial charge < -0.3 is 30.3 Å². The van der Waals surface area contributed by atoms with Crippen molar-refractivity contribution in [2.75, 3.05) is 62.0 Å². The van der Waals surface area contributed by atoms with Crippen LogP contribution in [0.25, 0.3) is 22.0 Å². The third-order valence-electron chi connectivity index (χ3n) is 9.93. The zero-order valence-electron chi connectivity index (χ0n) is 29.2. The van der Waals surface area contributed by atoms with Crippen molar-refractivity contribution in [3.63, 3.8) is 0 Å². The van der Waals surface area contributed by atoms with Crippen molar-refractivity contribution < 1.29 is 23.4 Å². The normalized spacial score (nSPS) is 16.1. The SMILES string of the molecule is CN1CCN(c2ccc(C(=O)Nc3n[nH]c4cc(-c5ccc(C(C)(C)O)cc5)c(Cc5cc(F)cc(F)c5)cc34)c(NC3CCOCC3)c2)CC1. The summed E-state index contributed by atoms with van der Waals surface area (Å²) >= 11 is 0. The van der Waals surface area contributed by atoms with Crippen LogP contribution in [0, 0.1) is 11.6 Å². The second-order valence-corrected chi connectivity index (χ2v) is 14.2. The maximum Gasteiger partial charge on any atom is 0.258 e. The molecule has 2 aliphatic heterocycles. The van der Waals surface area contributed by atoms with Crippen molar-refractivity contribution in [2.24, 2.45) is 0 Å². The Morgan fingerprint density at radius 1 is 0.961 bits per heavy atom. The van der Waals surface area contributed by atoms with E-state index < -0.39 is 17.2 Å². The average Bonchev–Trinajstić information content (AvgIpc) is 3.49. The van der Waals surface area contributed by atoms with E-state index in [2.05, 4.69) is 43.7 Å². The number of carbonyl (C=O) groups excluding carboxylic acids is 1. The number of piperazine rings is 1. The molecule has 0 bridgehead atoms. The summed E-state index contributed by atoms with van der Waals surface area (Å²) in [6.45, 7) is 8.57. The van der Waals surface area contributed by atoms with E-state index in [-0.39, 0.29) is 18.4 Å². The van der Waals surface area contributed by atoms with Crippen molar-refractivity contribution in [2.45, 2.75) is 44.8 Å². The first-order valence-electron chi connectivity index (χ1n) is 17.5. The van der Waals surface area contributed by atoms with Crippen molar-refractivity contribution in [3.8, 4) is 11.1 Å². The number of carbonyl (C=O) groups is 1. The Bertz CT molecular complexity index is 2010. The highest BCUT2D eigenvalue weighted by Crippen LogP contribution is 2.35. The lowest BCUT2D eigenvalue weighted by atomic mass is 9.91. The van der Waals surface area contributed by atoms with Gasteiger partial charge in [-0.15, -0.1) is 0 Å². The zero-order valence-corrected chi connectivity index (χ0v) is 29.2. The number of nitrogens with zero attached hydrogens (tertiary/aromatic N) is 3. The van der Waals surface area contributed by atoms with Gasteiger partial charge >= 0.3 is 0 Å². The number of likely N-dealkylation sites (N-methyl/N-ethyl adjacent to an activating group) is 1. The molecule has 0 atom stereocenters. The molecular weight excluding hydrogens is 650 g/mol. The number of ether oxygens (including phenoxy) is 1. The van der Waals surface area contributed by atoms with Crippen molar-refractivity contribution >= 4 is 34.0 Å². The summed E-state index contributed by atoms with van der Waals surface area (Å²) in [5.41, 5.74) is 5.74. The molecule has 0 aliphatic carbocycles. The minimum atomic E-state index is -1.01. The molecule has 2 fully saturated rings. The minimum Gasteiger partial charge on any atom is -0.386 e. The van der Waals surface area contributed by atoms with Crippen LogP contribution in [-0.2, 0) is 16.8 Å². The topological polar surface area (TPSA) is 106 Å². The van der Waals surface area contributed by atoms with Gasteiger partial charge in [-0.25, -0.2) is 8.78 Å². The van der Waals surface area contributed by atoms with E-state index >= 15 is 0 Å². The standard InChI is InChI=1S/C40H44F2N6O3/c1-40(2,50)28-6-4-26(5-7-28)34-24-37-35(21-27(34)18-25-19-29(41)22-30(42)20-25)38(46-45-37)44-39(49)33-9-8-32(48-14-12-47(3)13-15-48)23-36(33)43-31-10-16-51-17-11-31/h4-9,19-24,31,43,50H,10-18H2,1-3H3,(H2,44,45,46,49). The number of aromatic amines is 1. The number of H-pyrrole nitrogens is 1. The summed E-state index contributed by atoms with van der Waals surface area (Å²) in [7, 11) is 2.13. The molecule has 7 rings (SSSR count). The summed E-state index contributed by atoms with van der Waals surface area (Å²) in [6, 6.07) is 21.1. The van der Waals surface area contributed by atoms with Crippen LogP contribution in [0.15, 0.2) is 72.8 Å². The number of fused-ring (bicyclic) bond motifs is 1. The van der Waals surface area contributed by atoms with Crippen LogP contribution in [0.3, 0.4) is 0 Å². The van der Waals surface area contributed by atoms with Gasteiger partial charge in [-0.3, -0.25) is 9.89 Å². The highest BCUT2D eigenvalue weighted by molar-refractivity contribution is 6.11. The fourth-order valence-electron chi connectivity index (χ4n) is 6.96. The first kappa shape index (κ1) is 34.6. The number of aliphatic hydroxyl groups is 1. The van der Waals surface area contributed by atoms with Crippen molar-refractivity contribution in [3.05, 3.63) is 107 Å². The zero-order chi connectivity index (χ0) is 35.7. The highest BCUT2D eigenvalue weighted by atomic mass is 19.1. The molecule has 3 heterocycles. The lowest BCUT2D eigenvalue weighted by Gasteiger charge is -2.34. The first-order valence-corrected chi connectivity index (χ1v) is 17.5. The quantitative estimate of drug-likeness (QED) is 0.133. The Labute approximate surface area is 296 Å². The predicted molar refractivity (Wildman–Crippen MR) is 198 cm³/mol. The lowest BCUT2D eigenvalue weighted by Crippen LogP contribution is -2.44. The summed E-state index contributed by atoms with van der Waals surface area (Å²) in [5.74, 6) is -1.25. The van der Waals surface area contributed by atoms with E-state index in [4.69, 9.17) is 4.74 Å². The molecule has 0 spiro atoms. The summed E-state index contributed by atoms with van der Waals surface area (Å²) in [4.78, 5) is 18.7. The maximum atomic E-state index is 14.3. The van der Waals surface area contributed by atoms with Gasteiger partial charge in [0, 0.05) is 68.3 Å². The molecular formula is C40H44F2N6O3. The van der Waals surface area contributed by atoms with Crippen LogP contribution in [0.2, 0.25) is 0 Å². The van der Waals surface area contributed by atoms with E-state index in [1.807, 2.05) is 48.5 Å². The Morgan fingerprint density at radius 3 is 2.35 bits per heavy atom. The molecule has 0 saturated carbocycles. The fraction of sp³-hybridized carbons (Fsp3) is 0.350. The Hall–Kier alpha value is -4.84. The summed E-state index contributed by atoms with van der Waals surface area (Å²) in [5, 5.41) is 25.4. The van der Waals surface area contributed by atoms with Gasteiger partial charge in [-0.05, 0) is 110 Å². The molecule has 2 aliphatic rings. The minimum absolute atomic E-state index is 0.186. The van der Waals surface area contributed by atoms with Gasteiger partial charge in [0.15, 0.2) is 5.82 Å². The molecule has 0 unspecified atom stereocenters. The number of anilines is 3. The third kappa shape index (κ3) is 7.90. The molecule has 2 saturated heterocycles. The number of halogens is 2. The molecule has 0 radical (unpaired) electrons. The van der Waals surface area contributed by atoms with Crippen LogP contribution in [0.1, 0.15) is 53.7 Å². The number of hydrogen-bond donors (Lipinski definition) is 4. The maximum absolute atomic E-state index is 14.3. The number of amides is 1. The third-order valence-corrected chi connectivity index (χ3v) is 9.93. The monoisotopic (exact) mass is 694 g/mol. The number of nitrogens with one attached hydrogen (secondary N) is 3. The molecule has 9 nitrogen and oxygen atoms in total. The molecule has 4 aromatic carbocycles. The Morgan fingerprint density at radius 2 is 1.67 bits per heavy atom. The van der Waals surface area contributed by atoms with Crippen LogP contribution < -0.4 is 15.5 Å². The van der Waals surface area contributed by atoms with Gasteiger partial charge in [0.25, 0.3) is 5.91 Å². The smallest absolute Gasteiger partial charge is 0.258 e. The average molecular weight is 695 g/mol. The molecule has 5 aromatic rings. The van der Waals surface area contributed by atoms with Crippen LogP contribution in [0.4, 0.5) is 26.0 Å². The van der Waals surface area contributed by atoms with Crippen LogP contribution in [-0.4, -0.2) is 78.6 Å². The van der Waals surface area contributed by atoms with Crippen LogP contribution >= 0.6 is 0 Å². The van der Waals surface area contributed by atoms with Crippen molar-refractivity contribution in [1.82, 2.24) is 15.1 Å².